The van der Waals surface area contributed by atoms with Crippen molar-refractivity contribution < 1.29 is 4.79 Å². The lowest BCUT2D eigenvalue weighted by atomic mass is 10.1. The first-order chi connectivity index (χ1) is 11.2. The Balaban J connectivity index is 1.60. The van der Waals surface area contributed by atoms with Crippen LogP contribution in [0, 0.1) is 6.92 Å². The molecule has 0 saturated carbocycles. The van der Waals surface area contributed by atoms with E-state index >= 15 is 0 Å². The van der Waals surface area contributed by atoms with E-state index in [0.29, 0.717) is 5.56 Å². The van der Waals surface area contributed by atoms with Crippen LogP contribution in [-0.4, -0.2) is 37.0 Å². The number of aryl methyl sites for hydroxylation is 1. The zero-order valence-electron chi connectivity index (χ0n) is 13.5. The van der Waals surface area contributed by atoms with Gasteiger partial charge < -0.3 is 10.6 Å². The first-order valence-electron chi connectivity index (χ1n) is 8.11. The highest BCUT2D eigenvalue weighted by Crippen LogP contribution is 2.13. The van der Waals surface area contributed by atoms with Crippen molar-refractivity contribution in [3.8, 4) is 0 Å². The molecule has 2 aromatic rings. The molecule has 2 N–H and O–H groups in total. The molecule has 0 bridgehead atoms. The molecule has 1 fully saturated rings. The molecule has 4 nitrogen and oxygen atoms in total. The summed E-state index contributed by atoms with van der Waals surface area (Å²) in [5, 5.41) is 6.30. The van der Waals surface area contributed by atoms with Gasteiger partial charge in [0.25, 0.3) is 5.91 Å². The highest BCUT2D eigenvalue weighted by molar-refractivity contribution is 6.04. The van der Waals surface area contributed by atoms with Gasteiger partial charge in [0, 0.05) is 44.0 Å². The second-order valence-electron chi connectivity index (χ2n) is 6.05. The summed E-state index contributed by atoms with van der Waals surface area (Å²) in [4.78, 5) is 14.7. The molecule has 0 radical (unpaired) electrons. The number of amides is 1. The lowest BCUT2D eigenvalue weighted by molar-refractivity contribution is 0.102. The number of carbonyl (C=O) groups is 1. The molecule has 1 aliphatic rings. The summed E-state index contributed by atoms with van der Waals surface area (Å²) in [6, 6.07) is 15.7. The SMILES string of the molecule is Cc1cccc(NC(=O)c2ccc(CN3CCNCC3)cc2)c1. The molecular weight excluding hydrogens is 286 g/mol. The van der Waals surface area contributed by atoms with E-state index in [1.54, 1.807) is 0 Å². The molecule has 4 heteroatoms. The molecule has 120 valence electrons. The fraction of sp³-hybridized carbons (Fsp3) is 0.316. The van der Waals surface area contributed by atoms with Crippen molar-refractivity contribution in [3.63, 3.8) is 0 Å². The topological polar surface area (TPSA) is 44.4 Å². The number of piperazine rings is 1. The molecule has 1 heterocycles. The Hall–Kier alpha value is -2.17. The quantitative estimate of drug-likeness (QED) is 0.912. The van der Waals surface area contributed by atoms with Crippen LogP contribution in [0.3, 0.4) is 0 Å². The number of hydrogen-bond donors (Lipinski definition) is 2. The van der Waals surface area contributed by atoms with E-state index in [4.69, 9.17) is 0 Å². The monoisotopic (exact) mass is 309 g/mol. The Morgan fingerprint density at radius 1 is 1.13 bits per heavy atom. The normalized spacial score (nSPS) is 15.3. The van der Waals surface area contributed by atoms with Crippen LogP contribution in [-0.2, 0) is 6.54 Å². The third-order valence-electron chi connectivity index (χ3n) is 4.11. The van der Waals surface area contributed by atoms with Crippen molar-refractivity contribution in [1.82, 2.24) is 10.2 Å². The minimum absolute atomic E-state index is 0.0654. The largest absolute Gasteiger partial charge is 0.322 e. The number of nitrogens with zero attached hydrogens (tertiary/aromatic N) is 1. The van der Waals surface area contributed by atoms with Crippen LogP contribution in [0.1, 0.15) is 21.5 Å². The highest BCUT2D eigenvalue weighted by Gasteiger charge is 2.11. The van der Waals surface area contributed by atoms with Gasteiger partial charge in [0.15, 0.2) is 0 Å². The summed E-state index contributed by atoms with van der Waals surface area (Å²) in [6.45, 7) is 7.22. The first kappa shape index (κ1) is 15.7. The number of benzene rings is 2. The zero-order valence-corrected chi connectivity index (χ0v) is 13.5. The number of hydrogen-bond acceptors (Lipinski definition) is 3. The van der Waals surface area contributed by atoms with Crippen LogP contribution in [0.15, 0.2) is 48.5 Å². The van der Waals surface area contributed by atoms with Crippen molar-refractivity contribution in [3.05, 3.63) is 65.2 Å². The smallest absolute Gasteiger partial charge is 0.255 e. The van der Waals surface area contributed by atoms with Crippen molar-refractivity contribution in [2.45, 2.75) is 13.5 Å². The van der Waals surface area contributed by atoms with Crippen LogP contribution >= 0.6 is 0 Å². The summed E-state index contributed by atoms with van der Waals surface area (Å²) >= 11 is 0. The fourth-order valence-corrected chi connectivity index (χ4v) is 2.82. The molecule has 0 unspecified atom stereocenters. The molecular formula is C19H23N3O. The second-order valence-corrected chi connectivity index (χ2v) is 6.05. The van der Waals surface area contributed by atoms with Crippen LogP contribution in [0.4, 0.5) is 5.69 Å². The first-order valence-corrected chi connectivity index (χ1v) is 8.11. The van der Waals surface area contributed by atoms with Crippen molar-refractivity contribution in [2.24, 2.45) is 0 Å². The molecule has 2 aromatic carbocycles. The molecule has 0 aromatic heterocycles. The lowest BCUT2D eigenvalue weighted by Gasteiger charge is -2.27. The minimum atomic E-state index is -0.0654. The van der Waals surface area contributed by atoms with Gasteiger partial charge in [0.1, 0.15) is 0 Å². The Morgan fingerprint density at radius 3 is 2.57 bits per heavy atom. The number of anilines is 1. The average molecular weight is 309 g/mol. The van der Waals surface area contributed by atoms with Crippen LogP contribution in [0.5, 0.6) is 0 Å². The predicted octanol–water partition coefficient (Wildman–Crippen LogP) is 2.65. The average Bonchev–Trinajstić information content (AvgIpc) is 2.56. The van der Waals surface area contributed by atoms with E-state index in [-0.39, 0.29) is 5.91 Å². The van der Waals surface area contributed by atoms with Crippen LogP contribution in [0.25, 0.3) is 0 Å². The Morgan fingerprint density at radius 2 is 1.87 bits per heavy atom. The molecule has 0 spiro atoms. The summed E-state index contributed by atoms with van der Waals surface area (Å²) in [6.07, 6.45) is 0. The Labute approximate surface area is 137 Å². The van der Waals surface area contributed by atoms with Crippen LogP contribution in [0.2, 0.25) is 0 Å². The van der Waals surface area contributed by atoms with Gasteiger partial charge in [-0.2, -0.15) is 0 Å². The number of carbonyl (C=O) groups excluding carboxylic acids is 1. The van der Waals surface area contributed by atoms with Crippen molar-refractivity contribution >= 4 is 11.6 Å². The van der Waals surface area contributed by atoms with Gasteiger partial charge >= 0.3 is 0 Å². The Bertz CT molecular complexity index is 661. The van der Waals surface area contributed by atoms with E-state index < -0.39 is 0 Å². The van der Waals surface area contributed by atoms with Crippen LogP contribution < -0.4 is 10.6 Å². The third kappa shape index (κ3) is 4.41. The van der Waals surface area contributed by atoms with Gasteiger partial charge in [-0.15, -0.1) is 0 Å². The second kappa shape index (κ2) is 7.40. The van der Waals surface area contributed by atoms with Gasteiger partial charge in [-0.05, 0) is 42.3 Å². The summed E-state index contributed by atoms with van der Waals surface area (Å²) in [5.74, 6) is -0.0654. The van der Waals surface area contributed by atoms with Gasteiger partial charge in [-0.1, -0.05) is 24.3 Å². The van der Waals surface area contributed by atoms with E-state index in [1.165, 1.54) is 5.56 Å². The number of nitrogens with one attached hydrogen (secondary N) is 2. The maximum absolute atomic E-state index is 12.3. The molecule has 1 amide bonds. The van der Waals surface area contributed by atoms with E-state index in [1.807, 2.05) is 55.5 Å². The van der Waals surface area contributed by atoms with E-state index in [2.05, 4.69) is 15.5 Å². The predicted molar refractivity (Wildman–Crippen MR) is 93.7 cm³/mol. The highest BCUT2D eigenvalue weighted by atomic mass is 16.1. The summed E-state index contributed by atoms with van der Waals surface area (Å²) in [7, 11) is 0. The van der Waals surface area contributed by atoms with E-state index in [9.17, 15) is 4.79 Å². The minimum Gasteiger partial charge on any atom is -0.322 e. The van der Waals surface area contributed by atoms with Gasteiger partial charge in [-0.3, -0.25) is 9.69 Å². The maximum Gasteiger partial charge on any atom is 0.255 e. The van der Waals surface area contributed by atoms with Gasteiger partial charge in [0.05, 0.1) is 0 Å². The molecule has 23 heavy (non-hydrogen) atoms. The lowest BCUT2D eigenvalue weighted by Crippen LogP contribution is -2.42. The van der Waals surface area contributed by atoms with Gasteiger partial charge in [0.2, 0.25) is 0 Å². The van der Waals surface area contributed by atoms with E-state index in [0.717, 1.165) is 44.0 Å². The maximum atomic E-state index is 12.3. The molecule has 1 saturated heterocycles. The molecule has 3 rings (SSSR count). The molecule has 0 aliphatic carbocycles. The molecule has 0 atom stereocenters. The standard InChI is InChI=1S/C19H23N3O/c1-15-3-2-4-18(13-15)21-19(23)17-7-5-16(6-8-17)14-22-11-9-20-10-12-22/h2-8,13,20H,9-12,14H2,1H3,(H,21,23). The number of rotatable bonds is 4. The zero-order chi connectivity index (χ0) is 16.1. The molecule has 1 aliphatic heterocycles. The fourth-order valence-electron chi connectivity index (χ4n) is 2.82. The van der Waals surface area contributed by atoms with Gasteiger partial charge in [-0.25, -0.2) is 0 Å². The van der Waals surface area contributed by atoms with Crippen molar-refractivity contribution in [2.75, 3.05) is 31.5 Å². The van der Waals surface area contributed by atoms with Crippen molar-refractivity contribution in [1.29, 1.82) is 0 Å². The third-order valence-corrected chi connectivity index (χ3v) is 4.11. The summed E-state index contributed by atoms with van der Waals surface area (Å²) in [5.41, 5.74) is 3.91. The Kier molecular flexibility index (Phi) is 5.05. The summed E-state index contributed by atoms with van der Waals surface area (Å²) < 4.78 is 0.